The summed E-state index contributed by atoms with van der Waals surface area (Å²) in [7, 11) is 1.44. The van der Waals surface area contributed by atoms with Crippen molar-refractivity contribution >= 4 is 5.91 Å². The zero-order chi connectivity index (χ0) is 13.5. The monoisotopic (exact) mass is 254 g/mol. The van der Waals surface area contributed by atoms with Crippen LogP contribution in [0.2, 0.25) is 0 Å². The molecule has 0 spiro atoms. The third-order valence-corrected chi connectivity index (χ3v) is 2.61. The minimum atomic E-state index is -0.601. The first kappa shape index (κ1) is 14.4. The van der Waals surface area contributed by atoms with E-state index in [0.29, 0.717) is 12.3 Å². The van der Waals surface area contributed by atoms with E-state index in [-0.39, 0.29) is 11.6 Å². The lowest BCUT2D eigenvalue weighted by molar-refractivity contribution is 0.0946. The van der Waals surface area contributed by atoms with Gasteiger partial charge in [-0.3, -0.25) is 4.79 Å². The molecule has 0 radical (unpaired) electrons. The third kappa shape index (κ3) is 4.00. The van der Waals surface area contributed by atoms with Crippen LogP contribution in [0.5, 0.6) is 5.75 Å². The van der Waals surface area contributed by atoms with Crippen molar-refractivity contribution in [2.24, 2.45) is 5.73 Å². The van der Waals surface area contributed by atoms with E-state index in [1.54, 1.807) is 6.07 Å². The van der Waals surface area contributed by atoms with E-state index in [9.17, 15) is 9.18 Å². The number of methoxy groups -OCH3 is 1. The molecule has 1 unspecified atom stereocenters. The summed E-state index contributed by atoms with van der Waals surface area (Å²) in [6.45, 7) is 2.36. The van der Waals surface area contributed by atoms with Crippen LogP contribution in [-0.2, 0) is 0 Å². The summed E-state index contributed by atoms with van der Waals surface area (Å²) in [5.74, 6) is -0.677. The summed E-state index contributed by atoms with van der Waals surface area (Å²) in [4.78, 5) is 11.7. The van der Waals surface area contributed by atoms with Gasteiger partial charge in [-0.25, -0.2) is 4.39 Å². The first-order valence-electron chi connectivity index (χ1n) is 5.95. The first-order valence-corrected chi connectivity index (χ1v) is 5.95. The molecule has 100 valence electrons. The summed E-state index contributed by atoms with van der Waals surface area (Å²) in [6, 6.07) is 4.03. The maximum Gasteiger partial charge on any atom is 0.254 e. The number of halogens is 1. The highest BCUT2D eigenvalue weighted by molar-refractivity contribution is 5.94. The van der Waals surface area contributed by atoms with Gasteiger partial charge in [-0.1, -0.05) is 13.3 Å². The number of rotatable bonds is 6. The van der Waals surface area contributed by atoms with E-state index in [2.05, 4.69) is 5.32 Å². The molecule has 4 nitrogen and oxygen atoms in total. The molecular formula is C13H19FN2O2. The Hall–Kier alpha value is -1.62. The molecule has 0 aliphatic carbocycles. The van der Waals surface area contributed by atoms with Crippen molar-refractivity contribution in [3.05, 3.63) is 29.6 Å². The second-order valence-electron chi connectivity index (χ2n) is 4.10. The molecule has 1 aromatic carbocycles. The minimum absolute atomic E-state index is 0.000464. The van der Waals surface area contributed by atoms with Crippen molar-refractivity contribution in [1.29, 1.82) is 0 Å². The van der Waals surface area contributed by atoms with Gasteiger partial charge in [0.05, 0.1) is 12.7 Å². The maximum absolute atomic E-state index is 13.6. The zero-order valence-corrected chi connectivity index (χ0v) is 10.7. The summed E-state index contributed by atoms with van der Waals surface area (Å²) >= 11 is 0. The van der Waals surface area contributed by atoms with Crippen molar-refractivity contribution in [3.63, 3.8) is 0 Å². The van der Waals surface area contributed by atoms with Crippen LogP contribution in [0.3, 0.4) is 0 Å². The Morgan fingerprint density at radius 2 is 2.28 bits per heavy atom. The minimum Gasteiger partial charge on any atom is -0.497 e. The Labute approximate surface area is 106 Å². The number of nitrogens with two attached hydrogens (primary N) is 1. The van der Waals surface area contributed by atoms with E-state index in [0.717, 1.165) is 12.8 Å². The average Bonchev–Trinajstić information content (AvgIpc) is 2.36. The van der Waals surface area contributed by atoms with Crippen molar-refractivity contribution in [3.8, 4) is 5.75 Å². The molecule has 0 aliphatic heterocycles. The number of nitrogens with one attached hydrogen (secondary N) is 1. The smallest absolute Gasteiger partial charge is 0.254 e. The Morgan fingerprint density at radius 3 is 2.83 bits per heavy atom. The van der Waals surface area contributed by atoms with Gasteiger partial charge in [0.15, 0.2) is 0 Å². The fourth-order valence-electron chi connectivity index (χ4n) is 1.60. The highest BCUT2D eigenvalue weighted by Gasteiger charge is 2.13. The SMILES string of the molecule is CCCC(N)CNC(=O)c1ccc(OC)cc1F. The van der Waals surface area contributed by atoms with Crippen LogP contribution in [0.4, 0.5) is 4.39 Å². The number of carbonyl (C=O) groups excluding carboxylic acids is 1. The van der Waals surface area contributed by atoms with Gasteiger partial charge in [0.25, 0.3) is 5.91 Å². The number of ether oxygens (including phenoxy) is 1. The number of hydrogen-bond donors (Lipinski definition) is 2. The summed E-state index contributed by atoms with van der Waals surface area (Å²) in [6.07, 6.45) is 1.78. The number of hydrogen-bond acceptors (Lipinski definition) is 3. The predicted molar refractivity (Wildman–Crippen MR) is 68.2 cm³/mol. The number of carbonyl (C=O) groups is 1. The molecule has 0 aromatic heterocycles. The molecule has 0 fully saturated rings. The maximum atomic E-state index is 13.6. The Bertz CT molecular complexity index is 410. The van der Waals surface area contributed by atoms with Crippen molar-refractivity contribution in [2.45, 2.75) is 25.8 Å². The lowest BCUT2D eigenvalue weighted by atomic mass is 10.1. The molecule has 1 rings (SSSR count). The molecule has 1 atom stereocenters. The normalized spacial score (nSPS) is 12.0. The molecule has 0 saturated heterocycles. The van der Waals surface area contributed by atoms with E-state index in [4.69, 9.17) is 10.5 Å². The van der Waals surface area contributed by atoms with Gasteiger partial charge in [0.2, 0.25) is 0 Å². The van der Waals surface area contributed by atoms with Crippen molar-refractivity contribution in [2.75, 3.05) is 13.7 Å². The van der Waals surface area contributed by atoms with E-state index in [1.807, 2.05) is 6.92 Å². The quantitative estimate of drug-likeness (QED) is 0.812. The number of benzene rings is 1. The molecule has 0 saturated carbocycles. The van der Waals surface area contributed by atoms with Gasteiger partial charge < -0.3 is 15.8 Å². The van der Waals surface area contributed by atoms with Crippen molar-refractivity contribution in [1.82, 2.24) is 5.32 Å². The zero-order valence-electron chi connectivity index (χ0n) is 10.7. The molecule has 5 heteroatoms. The van der Waals surface area contributed by atoms with Gasteiger partial charge in [-0.2, -0.15) is 0 Å². The second kappa shape index (κ2) is 6.96. The van der Waals surface area contributed by atoms with E-state index >= 15 is 0 Å². The molecule has 0 heterocycles. The Morgan fingerprint density at radius 1 is 1.56 bits per heavy atom. The van der Waals surface area contributed by atoms with Gasteiger partial charge in [-0.05, 0) is 18.6 Å². The van der Waals surface area contributed by atoms with Crippen LogP contribution in [0.25, 0.3) is 0 Å². The van der Waals surface area contributed by atoms with Crippen LogP contribution in [0.15, 0.2) is 18.2 Å². The number of amides is 1. The predicted octanol–water partition coefficient (Wildman–Crippen LogP) is 1.69. The Balaban J connectivity index is 2.61. The van der Waals surface area contributed by atoms with Crippen LogP contribution < -0.4 is 15.8 Å². The topological polar surface area (TPSA) is 64.3 Å². The molecule has 0 bridgehead atoms. The van der Waals surface area contributed by atoms with Gasteiger partial charge >= 0.3 is 0 Å². The van der Waals surface area contributed by atoms with Gasteiger partial charge in [0.1, 0.15) is 11.6 Å². The highest BCUT2D eigenvalue weighted by Crippen LogP contribution is 2.16. The molecule has 18 heavy (non-hydrogen) atoms. The van der Waals surface area contributed by atoms with Crippen LogP contribution in [-0.4, -0.2) is 25.6 Å². The Kier molecular flexibility index (Phi) is 5.58. The lowest BCUT2D eigenvalue weighted by Crippen LogP contribution is -2.37. The van der Waals surface area contributed by atoms with Crippen molar-refractivity contribution < 1.29 is 13.9 Å². The second-order valence-corrected chi connectivity index (χ2v) is 4.10. The lowest BCUT2D eigenvalue weighted by Gasteiger charge is -2.12. The van der Waals surface area contributed by atoms with E-state index in [1.165, 1.54) is 19.2 Å². The van der Waals surface area contributed by atoms with Crippen LogP contribution in [0, 0.1) is 5.82 Å². The first-order chi connectivity index (χ1) is 8.58. The fraction of sp³-hybridized carbons (Fsp3) is 0.462. The molecule has 1 amide bonds. The fourth-order valence-corrected chi connectivity index (χ4v) is 1.60. The summed E-state index contributed by atoms with van der Waals surface area (Å²) in [5, 5.41) is 2.62. The standard InChI is InChI=1S/C13H19FN2O2/c1-3-4-9(15)8-16-13(17)11-6-5-10(18-2)7-12(11)14/h5-7,9H,3-4,8,15H2,1-2H3,(H,16,17). The highest BCUT2D eigenvalue weighted by atomic mass is 19.1. The molecular weight excluding hydrogens is 235 g/mol. The third-order valence-electron chi connectivity index (χ3n) is 2.61. The average molecular weight is 254 g/mol. The van der Waals surface area contributed by atoms with Crippen LogP contribution >= 0.6 is 0 Å². The molecule has 0 aliphatic rings. The van der Waals surface area contributed by atoms with E-state index < -0.39 is 11.7 Å². The van der Waals surface area contributed by atoms with Crippen LogP contribution in [0.1, 0.15) is 30.1 Å². The largest absolute Gasteiger partial charge is 0.497 e. The molecule has 3 N–H and O–H groups in total. The summed E-state index contributed by atoms with van der Waals surface area (Å²) < 4.78 is 18.5. The van der Waals surface area contributed by atoms with Gasteiger partial charge in [-0.15, -0.1) is 0 Å². The summed E-state index contributed by atoms with van der Waals surface area (Å²) in [5.41, 5.74) is 5.77. The molecule has 1 aromatic rings. The van der Waals surface area contributed by atoms with Gasteiger partial charge in [0, 0.05) is 18.7 Å².